The van der Waals surface area contributed by atoms with E-state index in [1.165, 1.54) is 42.3 Å². The molecule has 170 valence electrons. The van der Waals surface area contributed by atoms with Crippen molar-refractivity contribution in [3.8, 4) is 11.5 Å². The average molecular weight is 484 g/mol. The van der Waals surface area contributed by atoms with Gasteiger partial charge in [0.1, 0.15) is 5.75 Å². The Labute approximate surface area is 188 Å². The fourth-order valence-electron chi connectivity index (χ4n) is 3.11. The third kappa shape index (κ3) is 4.79. The van der Waals surface area contributed by atoms with Gasteiger partial charge >= 0.3 is 12.1 Å². The summed E-state index contributed by atoms with van der Waals surface area (Å²) in [4.78, 5) is 25.6. The Morgan fingerprint density at radius 2 is 2.09 bits per heavy atom. The minimum atomic E-state index is -3.91. The van der Waals surface area contributed by atoms with E-state index in [1.54, 1.807) is 0 Å². The number of esters is 1. The van der Waals surface area contributed by atoms with E-state index in [4.69, 9.17) is 21.1 Å². The molecule has 1 fully saturated rings. The monoisotopic (exact) mass is 483 g/mol. The number of anilines is 1. The van der Waals surface area contributed by atoms with Crippen LogP contribution in [0.25, 0.3) is 0 Å². The molecule has 1 aliphatic carbocycles. The maximum atomic E-state index is 14.8. The Hall–Kier alpha value is -2.89. The largest absolute Gasteiger partial charge is 0.425 e. The predicted octanol–water partition coefficient (Wildman–Crippen LogP) is 3.19. The van der Waals surface area contributed by atoms with Crippen molar-refractivity contribution in [3.63, 3.8) is 0 Å². The highest BCUT2D eigenvalue weighted by Crippen LogP contribution is 2.38. The summed E-state index contributed by atoms with van der Waals surface area (Å²) < 4.78 is 52.9. The SMILES string of the molecule is CNS(=O)(=O)Nc1cccc(CN2Cc3cc(Cl)c(OC(=O)C4CC4)cc3OC2=O)c1F. The minimum absolute atomic E-state index is 0.0661. The molecule has 32 heavy (non-hydrogen) atoms. The zero-order valence-corrected chi connectivity index (χ0v) is 18.4. The van der Waals surface area contributed by atoms with Gasteiger partial charge < -0.3 is 9.47 Å². The highest BCUT2D eigenvalue weighted by atomic mass is 35.5. The molecule has 9 nitrogen and oxygen atoms in total. The van der Waals surface area contributed by atoms with E-state index in [2.05, 4.69) is 4.72 Å². The third-order valence-electron chi connectivity index (χ3n) is 5.01. The summed E-state index contributed by atoms with van der Waals surface area (Å²) in [6, 6.07) is 7.08. The van der Waals surface area contributed by atoms with Gasteiger partial charge in [-0.05, 0) is 25.0 Å². The normalized spacial score (nSPS) is 15.7. The standard InChI is InChI=1S/C20H19ClFN3O6S/c1-23-32(28,29)24-15-4-2-3-12(18(15)22)9-25-10-13-7-14(21)17(8-16(13)31-20(25)27)30-19(26)11-5-6-11/h2-4,7-8,11,23-24H,5-6,9-10H2,1H3. The van der Waals surface area contributed by atoms with Crippen LogP contribution in [0.2, 0.25) is 5.02 Å². The van der Waals surface area contributed by atoms with Crippen molar-refractivity contribution in [2.75, 3.05) is 11.8 Å². The second-order valence-electron chi connectivity index (χ2n) is 7.40. The smallest absolute Gasteiger partial charge is 0.415 e. The number of halogens is 2. The molecule has 2 aromatic carbocycles. The van der Waals surface area contributed by atoms with Gasteiger partial charge in [-0.15, -0.1) is 0 Å². The number of fused-ring (bicyclic) bond motifs is 1. The first-order chi connectivity index (χ1) is 15.2. The number of benzene rings is 2. The van der Waals surface area contributed by atoms with Crippen molar-refractivity contribution in [3.05, 3.63) is 52.3 Å². The van der Waals surface area contributed by atoms with Crippen LogP contribution in [0.15, 0.2) is 30.3 Å². The van der Waals surface area contributed by atoms with Gasteiger partial charge in [0, 0.05) is 24.2 Å². The lowest BCUT2D eigenvalue weighted by Gasteiger charge is -2.28. The van der Waals surface area contributed by atoms with Crippen LogP contribution >= 0.6 is 11.6 Å². The number of nitrogens with one attached hydrogen (secondary N) is 2. The first-order valence-electron chi connectivity index (χ1n) is 9.66. The van der Waals surface area contributed by atoms with Gasteiger partial charge in [0.15, 0.2) is 11.6 Å². The molecule has 2 N–H and O–H groups in total. The Morgan fingerprint density at radius 3 is 2.78 bits per heavy atom. The number of nitrogens with zero attached hydrogens (tertiary/aromatic N) is 1. The zero-order chi connectivity index (χ0) is 23.0. The molecule has 2 aromatic rings. The van der Waals surface area contributed by atoms with E-state index < -0.39 is 22.1 Å². The van der Waals surface area contributed by atoms with Gasteiger partial charge in [-0.25, -0.2) is 13.9 Å². The number of hydrogen-bond donors (Lipinski definition) is 2. The van der Waals surface area contributed by atoms with Crippen LogP contribution in [0, 0.1) is 11.7 Å². The quantitative estimate of drug-likeness (QED) is 0.462. The highest BCUT2D eigenvalue weighted by molar-refractivity contribution is 7.90. The van der Waals surface area contributed by atoms with Crippen molar-refractivity contribution in [1.82, 2.24) is 9.62 Å². The van der Waals surface area contributed by atoms with E-state index in [9.17, 15) is 22.4 Å². The van der Waals surface area contributed by atoms with Crippen LogP contribution in [0.5, 0.6) is 11.5 Å². The number of carbonyl (C=O) groups excluding carboxylic acids is 2. The Morgan fingerprint density at radius 1 is 1.34 bits per heavy atom. The maximum absolute atomic E-state index is 14.8. The van der Waals surface area contributed by atoms with Crippen molar-refractivity contribution < 1.29 is 31.9 Å². The van der Waals surface area contributed by atoms with E-state index in [0.29, 0.717) is 5.56 Å². The molecule has 0 atom stereocenters. The molecule has 12 heteroatoms. The van der Waals surface area contributed by atoms with E-state index >= 15 is 0 Å². The molecule has 0 saturated heterocycles. The fraction of sp³-hybridized carbons (Fsp3) is 0.300. The van der Waals surface area contributed by atoms with E-state index in [0.717, 1.165) is 12.8 Å². The maximum Gasteiger partial charge on any atom is 0.415 e. The Kier molecular flexibility index (Phi) is 5.97. The molecule has 0 radical (unpaired) electrons. The van der Waals surface area contributed by atoms with Crippen molar-refractivity contribution in [2.24, 2.45) is 5.92 Å². The third-order valence-corrected chi connectivity index (χ3v) is 6.33. The topological polar surface area (TPSA) is 114 Å². The van der Waals surface area contributed by atoms with Crippen molar-refractivity contribution in [1.29, 1.82) is 0 Å². The lowest BCUT2D eigenvalue weighted by molar-refractivity contribution is -0.135. The van der Waals surface area contributed by atoms with Crippen LogP contribution < -0.4 is 18.9 Å². The zero-order valence-electron chi connectivity index (χ0n) is 16.9. The number of rotatable bonds is 7. The second kappa shape index (κ2) is 8.57. The molecule has 1 amide bonds. The summed E-state index contributed by atoms with van der Waals surface area (Å²) in [7, 11) is -2.72. The molecular weight excluding hydrogens is 465 g/mol. The van der Waals surface area contributed by atoms with Crippen LogP contribution in [0.1, 0.15) is 24.0 Å². The van der Waals surface area contributed by atoms with Gasteiger partial charge in [-0.3, -0.25) is 14.4 Å². The van der Waals surface area contributed by atoms with Gasteiger partial charge in [0.05, 0.1) is 29.7 Å². The molecule has 2 aliphatic rings. The summed E-state index contributed by atoms with van der Waals surface area (Å²) in [6.45, 7) is -0.105. The van der Waals surface area contributed by atoms with Gasteiger partial charge in [-0.1, -0.05) is 23.7 Å². The van der Waals surface area contributed by atoms with Crippen LogP contribution in [0.4, 0.5) is 14.9 Å². The predicted molar refractivity (Wildman–Crippen MR) is 113 cm³/mol. The molecule has 0 bridgehead atoms. The first kappa shape index (κ1) is 22.3. The summed E-state index contributed by atoms with van der Waals surface area (Å²) >= 11 is 6.23. The summed E-state index contributed by atoms with van der Waals surface area (Å²) in [5.41, 5.74) is 0.379. The van der Waals surface area contributed by atoms with Gasteiger partial charge in [0.2, 0.25) is 0 Å². The summed E-state index contributed by atoms with van der Waals surface area (Å²) in [5.74, 6) is -1.00. The Bertz CT molecular complexity index is 1200. The van der Waals surface area contributed by atoms with Gasteiger partial charge in [0.25, 0.3) is 10.2 Å². The van der Waals surface area contributed by atoms with Crippen molar-refractivity contribution in [2.45, 2.75) is 25.9 Å². The number of ether oxygens (including phenoxy) is 2. The lowest BCUT2D eigenvalue weighted by atomic mass is 10.1. The molecule has 1 saturated carbocycles. The molecular formula is C20H19ClFN3O6S. The average Bonchev–Trinajstić information content (AvgIpc) is 3.58. The summed E-state index contributed by atoms with van der Waals surface area (Å²) in [5, 5.41) is 0.185. The van der Waals surface area contributed by atoms with E-state index in [-0.39, 0.29) is 52.7 Å². The molecule has 1 heterocycles. The number of amides is 1. The van der Waals surface area contributed by atoms with Crippen molar-refractivity contribution >= 4 is 39.6 Å². The fourth-order valence-corrected chi connectivity index (χ4v) is 3.89. The molecule has 0 spiro atoms. The molecule has 1 aliphatic heterocycles. The highest BCUT2D eigenvalue weighted by Gasteiger charge is 2.33. The minimum Gasteiger partial charge on any atom is -0.425 e. The van der Waals surface area contributed by atoms with Crippen LogP contribution in [-0.4, -0.2) is 32.4 Å². The number of hydrogen-bond acceptors (Lipinski definition) is 6. The summed E-state index contributed by atoms with van der Waals surface area (Å²) in [6.07, 6.45) is 0.818. The first-order valence-corrected chi connectivity index (χ1v) is 11.5. The van der Waals surface area contributed by atoms with E-state index in [1.807, 2.05) is 4.72 Å². The second-order valence-corrected chi connectivity index (χ2v) is 9.42. The van der Waals surface area contributed by atoms with Crippen LogP contribution in [0.3, 0.4) is 0 Å². The van der Waals surface area contributed by atoms with Gasteiger partial charge in [-0.2, -0.15) is 8.42 Å². The molecule has 4 rings (SSSR count). The number of carbonyl (C=O) groups is 2. The molecule has 0 unspecified atom stereocenters. The lowest BCUT2D eigenvalue weighted by Crippen LogP contribution is -2.36. The molecule has 0 aromatic heterocycles. The van der Waals surface area contributed by atoms with Crippen LogP contribution in [-0.2, 0) is 28.1 Å². The Balaban J connectivity index is 1.52.